The van der Waals surface area contributed by atoms with E-state index in [2.05, 4.69) is 20.5 Å². The van der Waals surface area contributed by atoms with Gasteiger partial charge in [0, 0.05) is 25.2 Å². The molecule has 0 bridgehead atoms. The van der Waals surface area contributed by atoms with Gasteiger partial charge in [-0.2, -0.15) is 5.10 Å². The van der Waals surface area contributed by atoms with Crippen LogP contribution in [0.5, 0.6) is 0 Å². The van der Waals surface area contributed by atoms with E-state index in [9.17, 15) is 4.79 Å². The molecular formula is C9H15N5O. The van der Waals surface area contributed by atoms with Crippen molar-refractivity contribution in [2.24, 2.45) is 0 Å². The van der Waals surface area contributed by atoms with Crippen LogP contribution in [0.4, 0.5) is 0 Å². The Bertz CT molecular complexity index is 326. The van der Waals surface area contributed by atoms with E-state index in [0.29, 0.717) is 5.82 Å². The highest BCUT2D eigenvalue weighted by Gasteiger charge is 2.30. The van der Waals surface area contributed by atoms with Crippen LogP contribution in [0.2, 0.25) is 0 Å². The van der Waals surface area contributed by atoms with Crippen LogP contribution in [-0.2, 0) is 0 Å². The van der Waals surface area contributed by atoms with Gasteiger partial charge in [-0.15, -0.1) is 0 Å². The quantitative estimate of drug-likeness (QED) is 0.661. The summed E-state index contributed by atoms with van der Waals surface area (Å²) in [5.41, 5.74) is 0. The Morgan fingerprint density at radius 3 is 2.67 bits per heavy atom. The molecule has 2 heterocycles. The summed E-state index contributed by atoms with van der Waals surface area (Å²) in [5, 5.41) is 9.57. The van der Waals surface area contributed by atoms with E-state index in [0.717, 1.165) is 13.1 Å². The lowest BCUT2D eigenvalue weighted by atomic mass is 10.1. The Labute approximate surface area is 88.1 Å². The number of hydrogen-bond acceptors (Lipinski definition) is 4. The minimum absolute atomic E-state index is 0.0750. The molecule has 1 amide bonds. The lowest BCUT2D eigenvalue weighted by molar-refractivity contribution is 0.0532. The summed E-state index contributed by atoms with van der Waals surface area (Å²) < 4.78 is 0. The molecule has 15 heavy (non-hydrogen) atoms. The number of aromatic nitrogens is 3. The first kappa shape index (κ1) is 10.1. The SMILES string of the molecule is CC1CNCC(C)N1C(=O)c1ncn[nH]1. The summed E-state index contributed by atoms with van der Waals surface area (Å²) in [4.78, 5) is 17.8. The first-order valence-electron chi connectivity index (χ1n) is 5.09. The van der Waals surface area contributed by atoms with Crippen LogP contribution in [0.15, 0.2) is 6.33 Å². The van der Waals surface area contributed by atoms with E-state index in [1.54, 1.807) is 0 Å². The van der Waals surface area contributed by atoms with Gasteiger partial charge in [0.15, 0.2) is 0 Å². The number of carbonyl (C=O) groups is 1. The largest absolute Gasteiger partial charge is 0.328 e. The van der Waals surface area contributed by atoms with E-state index in [4.69, 9.17) is 0 Å². The number of nitrogens with zero attached hydrogens (tertiary/aromatic N) is 3. The lowest BCUT2D eigenvalue weighted by Gasteiger charge is -2.38. The maximum absolute atomic E-state index is 12.0. The second-order valence-electron chi connectivity index (χ2n) is 3.90. The lowest BCUT2D eigenvalue weighted by Crippen LogP contribution is -2.57. The minimum Gasteiger partial charge on any atom is -0.328 e. The highest BCUT2D eigenvalue weighted by atomic mass is 16.2. The zero-order chi connectivity index (χ0) is 10.8. The molecule has 1 aromatic heterocycles. The van der Waals surface area contributed by atoms with Crippen LogP contribution >= 0.6 is 0 Å². The fourth-order valence-electron chi connectivity index (χ4n) is 1.96. The van der Waals surface area contributed by atoms with Gasteiger partial charge < -0.3 is 10.2 Å². The number of amides is 1. The summed E-state index contributed by atoms with van der Waals surface area (Å²) in [6.45, 7) is 5.70. The molecule has 2 unspecified atom stereocenters. The van der Waals surface area contributed by atoms with Crippen molar-refractivity contribution in [1.29, 1.82) is 0 Å². The smallest absolute Gasteiger partial charge is 0.291 e. The number of piperazine rings is 1. The van der Waals surface area contributed by atoms with Crippen LogP contribution in [0.1, 0.15) is 24.5 Å². The first-order valence-corrected chi connectivity index (χ1v) is 5.09. The van der Waals surface area contributed by atoms with Gasteiger partial charge in [0.25, 0.3) is 5.91 Å². The molecule has 1 aliphatic heterocycles. The molecule has 6 nitrogen and oxygen atoms in total. The number of carbonyl (C=O) groups excluding carboxylic acids is 1. The van der Waals surface area contributed by atoms with Crippen molar-refractivity contribution in [1.82, 2.24) is 25.4 Å². The summed E-state index contributed by atoms with van der Waals surface area (Å²) in [7, 11) is 0. The van der Waals surface area contributed by atoms with Gasteiger partial charge in [-0.05, 0) is 13.8 Å². The normalized spacial score (nSPS) is 26.7. The molecule has 6 heteroatoms. The second-order valence-corrected chi connectivity index (χ2v) is 3.90. The molecule has 2 atom stereocenters. The van der Waals surface area contributed by atoms with Crippen molar-refractivity contribution < 1.29 is 4.79 Å². The van der Waals surface area contributed by atoms with Crippen LogP contribution in [-0.4, -0.2) is 51.2 Å². The van der Waals surface area contributed by atoms with Crippen molar-refractivity contribution in [3.63, 3.8) is 0 Å². The number of nitrogens with one attached hydrogen (secondary N) is 2. The van der Waals surface area contributed by atoms with Gasteiger partial charge in [0.05, 0.1) is 0 Å². The van der Waals surface area contributed by atoms with E-state index in [-0.39, 0.29) is 18.0 Å². The molecule has 0 aliphatic carbocycles. The van der Waals surface area contributed by atoms with Gasteiger partial charge >= 0.3 is 0 Å². The maximum Gasteiger partial charge on any atom is 0.291 e. The molecule has 0 aromatic carbocycles. The monoisotopic (exact) mass is 209 g/mol. The van der Waals surface area contributed by atoms with Crippen molar-refractivity contribution in [3.05, 3.63) is 12.2 Å². The van der Waals surface area contributed by atoms with E-state index in [1.807, 2.05) is 18.7 Å². The molecule has 1 aliphatic rings. The molecule has 82 valence electrons. The van der Waals surface area contributed by atoms with Gasteiger partial charge in [0.2, 0.25) is 5.82 Å². The highest BCUT2D eigenvalue weighted by Crippen LogP contribution is 2.12. The average Bonchev–Trinajstić information content (AvgIpc) is 2.69. The van der Waals surface area contributed by atoms with E-state index < -0.39 is 0 Å². The van der Waals surface area contributed by atoms with Crippen LogP contribution in [0.3, 0.4) is 0 Å². The van der Waals surface area contributed by atoms with Gasteiger partial charge in [-0.1, -0.05) is 0 Å². The van der Waals surface area contributed by atoms with Gasteiger partial charge in [0.1, 0.15) is 6.33 Å². The Balaban J connectivity index is 2.17. The van der Waals surface area contributed by atoms with E-state index in [1.165, 1.54) is 6.33 Å². The topological polar surface area (TPSA) is 73.9 Å². The summed E-state index contributed by atoms with van der Waals surface area (Å²) >= 11 is 0. The highest BCUT2D eigenvalue weighted by molar-refractivity contribution is 5.90. The average molecular weight is 209 g/mol. The minimum atomic E-state index is -0.0750. The molecule has 2 N–H and O–H groups in total. The maximum atomic E-state index is 12.0. The number of aromatic amines is 1. The number of rotatable bonds is 1. The molecule has 1 saturated heterocycles. The third-order valence-electron chi connectivity index (χ3n) is 2.68. The molecule has 0 radical (unpaired) electrons. The molecular weight excluding hydrogens is 194 g/mol. The predicted octanol–water partition coefficient (Wildman–Crippen LogP) is -0.373. The van der Waals surface area contributed by atoms with Crippen LogP contribution < -0.4 is 5.32 Å². The molecule has 0 spiro atoms. The Morgan fingerprint density at radius 2 is 2.13 bits per heavy atom. The van der Waals surface area contributed by atoms with Crippen LogP contribution in [0.25, 0.3) is 0 Å². The van der Waals surface area contributed by atoms with Crippen LogP contribution in [0, 0.1) is 0 Å². The number of hydrogen-bond donors (Lipinski definition) is 2. The zero-order valence-corrected chi connectivity index (χ0v) is 8.90. The molecule has 1 fully saturated rings. The second kappa shape index (κ2) is 3.98. The Kier molecular flexibility index (Phi) is 2.68. The van der Waals surface area contributed by atoms with Crippen molar-refractivity contribution >= 4 is 5.91 Å². The molecule has 0 saturated carbocycles. The summed E-state index contributed by atoms with van der Waals surface area (Å²) in [5.74, 6) is 0.240. The fraction of sp³-hybridized carbons (Fsp3) is 0.667. The Hall–Kier alpha value is -1.43. The first-order chi connectivity index (χ1) is 7.20. The van der Waals surface area contributed by atoms with Crippen molar-refractivity contribution in [2.45, 2.75) is 25.9 Å². The summed E-state index contributed by atoms with van der Waals surface area (Å²) in [6.07, 6.45) is 1.35. The Morgan fingerprint density at radius 1 is 1.47 bits per heavy atom. The zero-order valence-electron chi connectivity index (χ0n) is 8.90. The number of H-pyrrole nitrogens is 1. The third-order valence-corrected chi connectivity index (χ3v) is 2.68. The van der Waals surface area contributed by atoms with Crippen molar-refractivity contribution in [2.75, 3.05) is 13.1 Å². The standard InChI is InChI=1S/C9H15N5O/c1-6-3-10-4-7(2)14(6)9(15)8-11-5-12-13-8/h5-7,10H,3-4H2,1-2H3,(H,11,12,13). The molecule has 1 aromatic rings. The third kappa shape index (κ3) is 1.85. The predicted molar refractivity (Wildman–Crippen MR) is 54.3 cm³/mol. The summed E-state index contributed by atoms with van der Waals surface area (Å²) in [6, 6.07) is 0.373. The fourth-order valence-corrected chi connectivity index (χ4v) is 1.96. The van der Waals surface area contributed by atoms with Gasteiger partial charge in [-0.3, -0.25) is 9.89 Å². The van der Waals surface area contributed by atoms with Gasteiger partial charge in [-0.25, -0.2) is 4.98 Å². The van der Waals surface area contributed by atoms with E-state index >= 15 is 0 Å². The van der Waals surface area contributed by atoms with Crippen molar-refractivity contribution in [3.8, 4) is 0 Å². The molecule has 2 rings (SSSR count).